The number of aryl methyl sites for hydroxylation is 1. The van der Waals surface area contributed by atoms with E-state index in [1.807, 2.05) is 44.6 Å². The molecule has 0 unspecified atom stereocenters. The summed E-state index contributed by atoms with van der Waals surface area (Å²) >= 11 is 7.75. The summed E-state index contributed by atoms with van der Waals surface area (Å²) in [4.78, 5) is 4.06. The molecule has 0 aliphatic heterocycles. The first-order valence-corrected chi connectivity index (χ1v) is 7.58. The van der Waals surface area contributed by atoms with E-state index < -0.39 is 0 Å². The molecule has 18 heavy (non-hydrogen) atoms. The Bertz CT molecular complexity index is 405. The predicted octanol–water partition coefficient (Wildman–Crippen LogP) is 4.55. The molecule has 0 aliphatic carbocycles. The molecular formula is C14H20ClNOS. The third-order valence-corrected chi connectivity index (χ3v) is 2.15. The molecular weight excluding hydrogens is 266 g/mol. The van der Waals surface area contributed by atoms with E-state index in [2.05, 4.69) is 11.6 Å². The lowest BCUT2D eigenvalue weighted by atomic mass is 10.1. The molecule has 0 amide bonds. The van der Waals surface area contributed by atoms with Gasteiger partial charge in [0.15, 0.2) is 0 Å². The fourth-order valence-electron chi connectivity index (χ4n) is 1.11. The van der Waals surface area contributed by atoms with Gasteiger partial charge in [-0.3, -0.25) is 0 Å². The SMILES string of the molecule is C=C(/N=C/c1cc(C)ccc1Cl)OCC.CSC. The number of hydrogen-bond acceptors (Lipinski definition) is 3. The van der Waals surface area contributed by atoms with Crippen LogP contribution in [-0.2, 0) is 4.74 Å². The van der Waals surface area contributed by atoms with Crippen LogP contribution < -0.4 is 0 Å². The topological polar surface area (TPSA) is 21.6 Å². The van der Waals surface area contributed by atoms with E-state index in [0.717, 1.165) is 11.1 Å². The van der Waals surface area contributed by atoms with Gasteiger partial charge in [0.25, 0.3) is 0 Å². The van der Waals surface area contributed by atoms with E-state index in [0.29, 0.717) is 17.5 Å². The van der Waals surface area contributed by atoms with E-state index in [-0.39, 0.29) is 0 Å². The van der Waals surface area contributed by atoms with Gasteiger partial charge in [0.1, 0.15) is 0 Å². The predicted molar refractivity (Wildman–Crippen MR) is 84.0 cm³/mol. The zero-order valence-corrected chi connectivity index (χ0v) is 12.9. The summed E-state index contributed by atoms with van der Waals surface area (Å²) in [6.45, 7) is 8.11. The van der Waals surface area contributed by atoms with Crippen molar-refractivity contribution in [3.8, 4) is 0 Å². The molecule has 0 bridgehead atoms. The lowest BCUT2D eigenvalue weighted by Crippen LogP contribution is -1.89. The Morgan fingerprint density at radius 2 is 2.11 bits per heavy atom. The van der Waals surface area contributed by atoms with Crippen molar-refractivity contribution >= 4 is 29.6 Å². The first-order valence-electron chi connectivity index (χ1n) is 5.57. The van der Waals surface area contributed by atoms with Gasteiger partial charge in [-0.25, -0.2) is 4.99 Å². The molecule has 0 radical (unpaired) electrons. The van der Waals surface area contributed by atoms with E-state index in [9.17, 15) is 0 Å². The van der Waals surface area contributed by atoms with Gasteiger partial charge in [0.2, 0.25) is 5.88 Å². The maximum absolute atomic E-state index is 6.00. The summed E-state index contributed by atoms with van der Waals surface area (Å²) in [5.41, 5.74) is 2.01. The molecule has 100 valence electrons. The highest BCUT2D eigenvalue weighted by atomic mass is 35.5. The molecule has 1 aromatic carbocycles. The third kappa shape index (κ3) is 7.41. The summed E-state index contributed by atoms with van der Waals surface area (Å²) in [6, 6.07) is 5.77. The molecule has 0 aromatic heterocycles. The maximum atomic E-state index is 6.00. The van der Waals surface area contributed by atoms with Crippen LogP contribution in [0.15, 0.2) is 35.7 Å². The highest BCUT2D eigenvalue weighted by Gasteiger charge is 1.97. The lowest BCUT2D eigenvalue weighted by Gasteiger charge is -2.01. The van der Waals surface area contributed by atoms with Crippen LogP contribution in [0.25, 0.3) is 0 Å². The number of nitrogens with zero attached hydrogens (tertiary/aromatic N) is 1. The average molecular weight is 286 g/mol. The Morgan fingerprint density at radius 3 is 2.67 bits per heavy atom. The zero-order chi connectivity index (χ0) is 14.0. The zero-order valence-electron chi connectivity index (χ0n) is 11.4. The quantitative estimate of drug-likeness (QED) is 0.598. The Kier molecular flexibility index (Phi) is 9.52. The number of thioether (sulfide) groups is 1. The van der Waals surface area contributed by atoms with Gasteiger partial charge >= 0.3 is 0 Å². The first kappa shape index (κ1) is 17.1. The fourth-order valence-corrected chi connectivity index (χ4v) is 1.27. The van der Waals surface area contributed by atoms with Crippen molar-refractivity contribution in [2.75, 3.05) is 19.1 Å². The summed E-state index contributed by atoms with van der Waals surface area (Å²) in [7, 11) is 0. The van der Waals surface area contributed by atoms with Crippen LogP contribution in [0.1, 0.15) is 18.1 Å². The number of hydrogen-bond donors (Lipinski definition) is 0. The minimum atomic E-state index is 0.398. The second kappa shape index (κ2) is 10.0. The molecule has 0 spiro atoms. The van der Waals surface area contributed by atoms with Crippen molar-refractivity contribution < 1.29 is 4.74 Å². The monoisotopic (exact) mass is 285 g/mol. The van der Waals surface area contributed by atoms with Crippen molar-refractivity contribution in [1.82, 2.24) is 0 Å². The number of ether oxygens (including phenoxy) is 1. The van der Waals surface area contributed by atoms with Crippen molar-refractivity contribution in [3.63, 3.8) is 0 Å². The Morgan fingerprint density at radius 1 is 1.50 bits per heavy atom. The second-order valence-electron chi connectivity index (χ2n) is 3.52. The smallest absolute Gasteiger partial charge is 0.205 e. The standard InChI is InChI=1S/C12H14ClNO.C2H6S/c1-4-15-10(3)14-8-11-7-9(2)5-6-12(11)13;1-3-2/h5-8H,3-4H2,1-2H3;1-2H3/b14-8+;. The Hall–Kier alpha value is -0.930. The molecule has 1 rings (SSSR count). The van der Waals surface area contributed by atoms with Crippen LogP contribution >= 0.6 is 23.4 Å². The first-order chi connectivity index (χ1) is 8.54. The molecule has 0 N–H and O–H groups in total. The van der Waals surface area contributed by atoms with E-state index >= 15 is 0 Å². The van der Waals surface area contributed by atoms with E-state index in [4.69, 9.17) is 16.3 Å². The van der Waals surface area contributed by atoms with Gasteiger partial charge in [0, 0.05) is 16.8 Å². The van der Waals surface area contributed by atoms with Gasteiger partial charge in [-0.05, 0) is 45.1 Å². The van der Waals surface area contributed by atoms with Gasteiger partial charge < -0.3 is 4.74 Å². The molecule has 0 fully saturated rings. The van der Waals surface area contributed by atoms with E-state index in [1.54, 1.807) is 18.0 Å². The van der Waals surface area contributed by atoms with Crippen LogP contribution in [-0.4, -0.2) is 25.3 Å². The lowest BCUT2D eigenvalue weighted by molar-refractivity contribution is 0.229. The van der Waals surface area contributed by atoms with Crippen LogP contribution in [0.2, 0.25) is 5.02 Å². The Labute approximate surface area is 119 Å². The molecule has 1 aromatic rings. The molecule has 4 heteroatoms. The number of rotatable bonds is 4. The number of halogens is 1. The molecule has 0 aliphatic rings. The Balaban J connectivity index is 0.000000873. The van der Waals surface area contributed by atoms with Gasteiger partial charge in [0.05, 0.1) is 6.61 Å². The minimum absolute atomic E-state index is 0.398. The average Bonchev–Trinajstić information content (AvgIpc) is 2.32. The molecule has 0 atom stereocenters. The summed E-state index contributed by atoms with van der Waals surface area (Å²) in [5.74, 6) is 0.398. The highest BCUT2D eigenvalue weighted by Crippen LogP contribution is 2.15. The molecule has 0 saturated carbocycles. The van der Waals surface area contributed by atoms with Gasteiger partial charge in [-0.2, -0.15) is 11.8 Å². The summed E-state index contributed by atoms with van der Waals surface area (Å²) in [6.07, 6.45) is 5.74. The highest BCUT2D eigenvalue weighted by molar-refractivity contribution is 7.97. The molecule has 0 heterocycles. The van der Waals surface area contributed by atoms with Gasteiger partial charge in [-0.15, -0.1) is 0 Å². The maximum Gasteiger partial charge on any atom is 0.205 e. The van der Waals surface area contributed by atoms with Crippen molar-refractivity contribution in [3.05, 3.63) is 46.8 Å². The molecule has 2 nitrogen and oxygen atoms in total. The summed E-state index contributed by atoms with van der Waals surface area (Å²) in [5, 5.41) is 0.675. The number of benzene rings is 1. The van der Waals surface area contributed by atoms with Crippen molar-refractivity contribution in [2.24, 2.45) is 4.99 Å². The normalized spacial score (nSPS) is 9.83. The number of aliphatic imine (C=N–C) groups is 1. The van der Waals surface area contributed by atoms with Crippen LogP contribution in [0.4, 0.5) is 0 Å². The van der Waals surface area contributed by atoms with Crippen molar-refractivity contribution in [1.29, 1.82) is 0 Å². The minimum Gasteiger partial charge on any atom is -0.478 e. The largest absolute Gasteiger partial charge is 0.478 e. The van der Waals surface area contributed by atoms with Crippen molar-refractivity contribution in [2.45, 2.75) is 13.8 Å². The van der Waals surface area contributed by atoms with Crippen LogP contribution in [0, 0.1) is 6.92 Å². The van der Waals surface area contributed by atoms with Gasteiger partial charge in [-0.1, -0.05) is 23.2 Å². The third-order valence-electron chi connectivity index (χ3n) is 1.81. The van der Waals surface area contributed by atoms with Crippen LogP contribution in [0.3, 0.4) is 0 Å². The second-order valence-corrected chi connectivity index (χ2v) is 4.74. The fraction of sp³-hybridized carbons (Fsp3) is 0.357. The van der Waals surface area contributed by atoms with Crippen LogP contribution in [0.5, 0.6) is 0 Å². The van der Waals surface area contributed by atoms with E-state index in [1.165, 1.54) is 0 Å². The summed E-state index contributed by atoms with van der Waals surface area (Å²) < 4.78 is 5.10. The molecule has 0 saturated heterocycles.